The number of hydrogen-bond acceptors (Lipinski definition) is 2. The molecule has 0 aliphatic carbocycles. The molecule has 0 unspecified atom stereocenters. The summed E-state index contributed by atoms with van der Waals surface area (Å²) in [4.78, 5) is 13.4. The molecular formula is C11H21NO. The highest BCUT2D eigenvalue weighted by molar-refractivity contribution is 5.75. The maximum absolute atomic E-state index is 10.9. The smallest absolute Gasteiger partial charge is 0.130 e. The minimum atomic E-state index is 0.356. The van der Waals surface area contributed by atoms with Gasteiger partial charge in [0.25, 0.3) is 0 Å². The van der Waals surface area contributed by atoms with Crippen molar-refractivity contribution < 1.29 is 4.79 Å². The Balaban J connectivity index is 2.18. The van der Waals surface area contributed by atoms with Crippen LogP contribution in [-0.2, 0) is 4.79 Å². The Morgan fingerprint density at radius 1 is 1.38 bits per heavy atom. The molecule has 0 bridgehead atoms. The van der Waals surface area contributed by atoms with Gasteiger partial charge in [-0.2, -0.15) is 0 Å². The van der Waals surface area contributed by atoms with Gasteiger partial charge < -0.3 is 9.69 Å². The van der Waals surface area contributed by atoms with Crippen molar-refractivity contribution in [1.29, 1.82) is 0 Å². The lowest BCUT2D eigenvalue weighted by Gasteiger charge is -2.31. The third-order valence-electron chi connectivity index (χ3n) is 2.82. The number of rotatable bonds is 4. The van der Waals surface area contributed by atoms with Crippen LogP contribution in [0.1, 0.15) is 39.5 Å². The lowest BCUT2D eigenvalue weighted by Crippen LogP contribution is -2.34. The molecule has 0 N–H and O–H groups in total. The van der Waals surface area contributed by atoms with Crippen LogP contribution in [0.15, 0.2) is 0 Å². The van der Waals surface area contributed by atoms with Crippen LogP contribution in [0, 0.1) is 5.92 Å². The first-order valence-electron chi connectivity index (χ1n) is 5.44. The molecule has 2 nitrogen and oxygen atoms in total. The fourth-order valence-corrected chi connectivity index (χ4v) is 2.14. The first-order chi connectivity index (χ1) is 6.22. The lowest BCUT2D eigenvalue weighted by atomic mass is 9.92. The topological polar surface area (TPSA) is 20.3 Å². The van der Waals surface area contributed by atoms with Crippen LogP contribution in [0.3, 0.4) is 0 Å². The number of carbonyl (C=O) groups excluding carboxylic acids is 1. The summed E-state index contributed by atoms with van der Waals surface area (Å²) < 4.78 is 0. The van der Waals surface area contributed by atoms with Gasteiger partial charge >= 0.3 is 0 Å². The Kier molecular flexibility index (Phi) is 4.43. The molecule has 0 amide bonds. The van der Waals surface area contributed by atoms with Crippen molar-refractivity contribution in [2.75, 3.05) is 19.6 Å². The summed E-state index contributed by atoms with van der Waals surface area (Å²) in [6, 6.07) is 0. The van der Waals surface area contributed by atoms with Gasteiger partial charge in [-0.1, -0.05) is 6.92 Å². The van der Waals surface area contributed by atoms with E-state index in [1.807, 2.05) is 0 Å². The summed E-state index contributed by atoms with van der Waals surface area (Å²) in [5, 5.41) is 0. The largest absolute Gasteiger partial charge is 0.303 e. The van der Waals surface area contributed by atoms with Gasteiger partial charge in [-0.15, -0.1) is 0 Å². The van der Waals surface area contributed by atoms with Crippen LogP contribution >= 0.6 is 0 Å². The second-order valence-corrected chi connectivity index (χ2v) is 4.19. The molecule has 2 heteroatoms. The van der Waals surface area contributed by atoms with Crippen molar-refractivity contribution in [3.63, 3.8) is 0 Å². The van der Waals surface area contributed by atoms with Crippen LogP contribution in [0.25, 0.3) is 0 Å². The maximum Gasteiger partial charge on any atom is 0.130 e. The average molecular weight is 183 g/mol. The van der Waals surface area contributed by atoms with E-state index in [4.69, 9.17) is 0 Å². The van der Waals surface area contributed by atoms with Crippen molar-refractivity contribution in [2.45, 2.75) is 39.5 Å². The molecule has 0 spiro atoms. The number of Topliss-reactive ketones (excluding diaryl/α,β-unsaturated/α-hetero) is 1. The maximum atomic E-state index is 10.9. The first-order valence-corrected chi connectivity index (χ1v) is 5.44. The summed E-state index contributed by atoms with van der Waals surface area (Å²) in [6.45, 7) is 7.56. The zero-order valence-electron chi connectivity index (χ0n) is 8.88. The van der Waals surface area contributed by atoms with E-state index in [1.165, 1.54) is 38.9 Å². The second-order valence-electron chi connectivity index (χ2n) is 4.19. The molecule has 0 aromatic carbocycles. The van der Waals surface area contributed by atoms with E-state index in [0.29, 0.717) is 11.7 Å². The molecular weight excluding hydrogens is 162 g/mol. The van der Waals surface area contributed by atoms with E-state index in [9.17, 15) is 4.79 Å². The molecule has 76 valence electrons. The van der Waals surface area contributed by atoms with Gasteiger partial charge in [0.05, 0.1) is 0 Å². The molecule has 1 aliphatic rings. The summed E-state index contributed by atoms with van der Waals surface area (Å²) in [6.07, 6.45) is 4.50. The minimum absolute atomic E-state index is 0.356. The van der Waals surface area contributed by atoms with E-state index < -0.39 is 0 Å². The molecule has 0 saturated carbocycles. The van der Waals surface area contributed by atoms with Gasteiger partial charge in [0, 0.05) is 6.42 Å². The van der Waals surface area contributed by atoms with E-state index in [1.54, 1.807) is 6.92 Å². The van der Waals surface area contributed by atoms with Gasteiger partial charge in [0.15, 0.2) is 0 Å². The minimum Gasteiger partial charge on any atom is -0.303 e. The molecule has 0 radical (unpaired) electrons. The third-order valence-corrected chi connectivity index (χ3v) is 2.82. The van der Waals surface area contributed by atoms with Crippen molar-refractivity contribution in [1.82, 2.24) is 4.90 Å². The molecule has 13 heavy (non-hydrogen) atoms. The first kappa shape index (κ1) is 10.7. The molecule has 0 atom stereocenters. The normalized spacial score (nSPS) is 20.5. The molecule has 1 aliphatic heterocycles. The van der Waals surface area contributed by atoms with E-state index in [2.05, 4.69) is 11.8 Å². The fraction of sp³-hybridized carbons (Fsp3) is 0.909. The SMILES string of the molecule is CCCN1CCC(CC(C)=O)CC1. The Labute approximate surface area is 81.3 Å². The van der Waals surface area contributed by atoms with Crippen LogP contribution in [0.2, 0.25) is 0 Å². The van der Waals surface area contributed by atoms with Gasteiger partial charge in [-0.05, 0) is 51.7 Å². The highest BCUT2D eigenvalue weighted by Gasteiger charge is 2.19. The summed E-state index contributed by atoms with van der Waals surface area (Å²) >= 11 is 0. The predicted octanol–water partition coefficient (Wildman–Crippen LogP) is 2.09. The van der Waals surface area contributed by atoms with Gasteiger partial charge in [0.2, 0.25) is 0 Å². The lowest BCUT2D eigenvalue weighted by molar-refractivity contribution is -0.118. The van der Waals surface area contributed by atoms with Crippen molar-refractivity contribution in [3.8, 4) is 0 Å². The number of likely N-dealkylation sites (tertiary alicyclic amines) is 1. The number of nitrogens with zero attached hydrogens (tertiary/aromatic N) is 1. The number of ketones is 1. The number of hydrogen-bond donors (Lipinski definition) is 0. The Morgan fingerprint density at radius 3 is 2.46 bits per heavy atom. The Bertz CT molecular complexity index is 159. The van der Waals surface area contributed by atoms with Gasteiger partial charge in [0.1, 0.15) is 5.78 Å². The van der Waals surface area contributed by atoms with Crippen LogP contribution in [-0.4, -0.2) is 30.3 Å². The summed E-state index contributed by atoms with van der Waals surface area (Å²) in [5.41, 5.74) is 0. The van der Waals surface area contributed by atoms with Gasteiger partial charge in [-0.25, -0.2) is 0 Å². The monoisotopic (exact) mass is 183 g/mol. The molecule has 1 rings (SSSR count). The molecule has 1 heterocycles. The Hall–Kier alpha value is -0.370. The quantitative estimate of drug-likeness (QED) is 0.665. The standard InChI is InChI=1S/C11H21NO/c1-3-6-12-7-4-11(5-8-12)9-10(2)13/h11H,3-9H2,1-2H3. The molecule has 0 aromatic heterocycles. The van der Waals surface area contributed by atoms with Crippen molar-refractivity contribution >= 4 is 5.78 Å². The highest BCUT2D eigenvalue weighted by Crippen LogP contribution is 2.20. The second kappa shape index (κ2) is 5.38. The molecule has 0 aromatic rings. The average Bonchev–Trinajstić information content (AvgIpc) is 2.08. The molecule has 1 saturated heterocycles. The Morgan fingerprint density at radius 2 is 2.00 bits per heavy atom. The van der Waals surface area contributed by atoms with Crippen LogP contribution < -0.4 is 0 Å². The van der Waals surface area contributed by atoms with Crippen LogP contribution in [0.4, 0.5) is 0 Å². The van der Waals surface area contributed by atoms with Crippen LogP contribution in [0.5, 0.6) is 0 Å². The zero-order valence-corrected chi connectivity index (χ0v) is 8.88. The zero-order chi connectivity index (χ0) is 9.68. The van der Waals surface area contributed by atoms with E-state index in [0.717, 1.165) is 6.42 Å². The summed E-state index contributed by atoms with van der Waals surface area (Å²) in [7, 11) is 0. The fourth-order valence-electron chi connectivity index (χ4n) is 2.14. The predicted molar refractivity (Wildman–Crippen MR) is 54.8 cm³/mol. The summed E-state index contributed by atoms with van der Waals surface area (Å²) in [5.74, 6) is 1.03. The van der Waals surface area contributed by atoms with E-state index in [-0.39, 0.29) is 0 Å². The van der Waals surface area contributed by atoms with Crippen molar-refractivity contribution in [2.24, 2.45) is 5.92 Å². The highest BCUT2D eigenvalue weighted by atomic mass is 16.1. The van der Waals surface area contributed by atoms with Crippen molar-refractivity contribution in [3.05, 3.63) is 0 Å². The van der Waals surface area contributed by atoms with Gasteiger partial charge in [-0.3, -0.25) is 0 Å². The number of piperidine rings is 1. The third kappa shape index (κ3) is 3.90. The van der Waals surface area contributed by atoms with E-state index >= 15 is 0 Å². The number of carbonyl (C=O) groups is 1. The molecule has 1 fully saturated rings.